The number of nitrogens with one attached hydrogen (secondary N) is 2. The van der Waals surface area contributed by atoms with Crippen molar-refractivity contribution in [3.05, 3.63) is 46.8 Å². The summed E-state index contributed by atoms with van der Waals surface area (Å²) in [6, 6.07) is 6.27. The number of rotatable bonds is 5. The third-order valence-corrected chi connectivity index (χ3v) is 4.24. The summed E-state index contributed by atoms with van der Waals surface area (Å²) in [5.41, 5.74) is 2.86. The Morgan fingerprint density at radius 2 is 1.91 bits per heavy atom. The number of nitrogens with two attached hydrogens (primary N) is 1. The summed E-state index contributed by atoms with van der Waals surface area (Å²) in [5, 5.41) is 14.6. The topological polar surface area (TPSA) is 118 Å². The number of primary sulfonamides is 1. The molecule has 0 aliphatic rings. The Balaban J connectivity index is 1.93. The van der Waals surface area contributed by atoms with E-state index in [0.717, 1.165) is 11.3 Å². The van der Waals surface area contributed by atoms with E-state index in [9.17, 15) is 13.2 Å². The van der Waals surface area contributed by atoms with Gasteiger partial charge in [0.1, 0.15) is 0 Å². The van der Waals surface area contributed by atoms with Crippen molar-refractivity contribution in [1.29, 1.82) is 0 Å². The number of aromatic amines is 1. The molecule has 1 amide bonds. The molecule has 22 heavy (non-hydrogen) atoms. The molecule has 4 N–H and O–H groups in total. The Morgan fingerprint density at radius 3 is 2.41 bits per heavy atom. The first kappa shape index (κ1) is 16.2. The van der Waals surface area contributed by atoms with Crippen molar-refractivity contribution >= 4 is 15.9 Å². The van der Waals surface area contributed by atoms with Crippen molar-refractivity contribution in [3.8, 4) is 0 Å². The first-order chi connectivity index (χ1) is 10.3. The maximum Gasteiger partial charge on any atom is 0.255 e. The second kappa shape index (κ2) is 6.29. The average molecular weight is 322 g/mol. The summed E-state index contributed by atoms with van der Waals surface area (Å²) in [4.78, 5) is 12.1. The Kier molecular flexibility index (Phi) is 4.62. The smallest absolute Gasteiger partial charge is 0.255 e. The molecule has 1 heterocycles. The summed E-state index contributed by atoms with van der Waals surface area (Å²) >= 11 is 0. The number of amides is 1. The average Bonchev–Trinajstić information content (AvgIpc) is 2.77. The van der Waals surface area contributed by atoms with Crippen LogP contribution in [0.25, 0.3) is 0 Å². The molecule has 0 saturated carbocycles. The number of sulfonamides is 1. The maximum atomic E-state index is 12.1. The molecule has 0 bridgehead atoms. The van der Waals surface area contributed by atoms with Crippen LogP contribution in [0.5, 0.6) is 0 Å². The molecule has 8 heteroatoms. The van der Waals surface area contributed by atoms with E-state index in [-0.39, 0.29) is 10.8 Å². The highest BCUT2D eigenvalue weighted by molar-refractivity contribution is 7.89. The third-order valence-electron chi connectivity index (χ3n) is 3.31. The highest BCUT2D eigenvalue weighted by Gasteiger charge is 2.14. The lowest BCUT2D eigenvalue weighted by Crippen LogP contribution is -2.26. The van der Waals surface area contributed by atoms with Crippen LogP contribution in [0.3, 0.4) is 0 Å². The molecule has 0 radical (unpaired) electrons. The molecule has 2 rings (SSSR count). The standard InChI is InChI=1S/C14H18N4O3S/c1-9-13(10(2)18-17-9)14(19)16-8-7-11-3-5-12(6-4-11)22(15,20)21/h3-6H,7-8H2,1-2H3,(H,16,19)(H,17,18)(H2,15,20,21). The fourth-order valence-corrected chi connectivity index (χ4v) is 2.66. The Morgan fingerprint density at radius 1 is 1.27 bits per heavy atom. The second-order valence-electron chi connectivity index (χ2n) is 5.00. The minimum atomic E-state index is -3.67. The van der Waals surface area contributed by atoms with Crippen LogP contribution in [0.1, 0.15) is 27.3 Å². The van der Waals surface area contributed by atoms with Gasteiger partial charge in [-0.15, -0.1) is 0 Å². The second-order valence-corrected chi connectivity index (χ2v) is 6.57. The number of nitrogens with zero attached hydrogens (tertiary/aromatic N) is 1. The van der Waals surface area contributed by atoms with Gasteiger partial charge >= 0.3 is 0 Å². The van der Waals surface area contributed by atoms with Crippen LogP contribution >= 0.6 is 0 Å². The quantitative estimate of drug-likeness (QED) is 0.749. The van der Waals surface area contributed by atoms with Crippen molar-refractivity contribution in [2.45, 2.75) is 25.2 Å². The molecule has 1 aromatic heterocycles. The van der Waals surface area contributed by atoms with E-state index in [4.69, 9.17) is 5.14 Å². The zero-order valence-electron chi connectivity index (χ0n) is 12.4. The van der Waals surface area contributed by atoms with Crippen molar-refractivity contribution in [3.63, 3.8) is 0 Å². The molecule has 0 atom stereocenters. The predicted molar refractivity (Wildman–Crippen MR) is 81.9 cm³/mol. The molecule has 0 aliphatic heterocycles. The van der Waals surface area contributed by atoms with Crippen molar-refractivity contribution in [2.75, 3.05) is 6.54 Å². The van der Waals surface area contributed by atoms with E-state index in [2.05, 4.69) is 15.5 Å². The van der Waals surface area contributed by atoms with E-state index in [1.54, 1.807) is 26.0 Å². The molecule has 0 aliphatic carbocycles. The minimum Gasteiger partial charge on any atom is -0.352 e. The first-order valence-electron chi connectivity index (χ1n) is 6.70. The summed E-state index contributed by atoms with van der Waals surface area (Å²) < 4.78 is 22.3. The molecular formula is C14H18N4O3S. The number of aryl methyl sites for hydroxylation is 2. The van der Waals surface area contributed by atoms with Crippen molar-refractivity contribution in [1.82, 2.24) is 15.5 Å². The molecule has 0 unspecified atom stereocenters. The monoisotopic (exact) mass is 322 g/mol. The molecule has 2 aromatic rings. The highest BCUT2D eigenvalue weighted by Crippen LogP contribution is 2.10. The summed E-state index contributed by atoms with van der Waals surface area (Å²) in [5.74, 6) is -0.176. The van der Waals surface area contributed by atoms with Crippen LogP contribution in [-0.4, -0.2) is 31.1 Å². The SMILES string of the molecule is Cc1n[nH]c(C)c1C(=O)NCCc1ccc(S(N)(=O)=O)cc1. The summed E-state index contributed by atoms with van der Waals surface area (Å²) in [6.45, 7) is 4.00. The molecule has 0 fully saturated rings. The highest BCUT2D eigenvalue weighted by atomic mass is 32.2. The minimum absolute atomic E-state index is 0.0740. The van der Waals surface area contributed by atoms with Gasteiger partial charge in [-0.2, -0.15) is 5.10 Å². The predicted octanol–water partition coefficient (Wildman–Crippen LogP) is 0.646. The number of carbonyl (C=O) groups is 1. The molecule has 118 valence electrons. The molecule has 1 aromatic carbocycles. The van der Waals surface area contributed by atoms with Gasteiger partial charge in [-0.05, 0) is 38.0 Å². The van der Waals surface area contributed by atoms with Crippen LogP contribution in [0.15, 0.2) is 29.2 Å². The fraction of sp³-hybridized carbons (Fsp3) is 0.286. The van der Waals surface area contributed by atoms with Crippen molar-refractivity contribution in [2.24, 2.45) is 5.14 Å². The van der Waals surface area contributed by atoms with E-state index in [1.165, 1.54) is 12.1 Å². The number of hydrogen-bond acceptors (Lipinski definition) is 4. The van der Waals surface area contributed by atoms with E-state index in [0.29, 0.717) is 24.2 Å². The number of carbonyl (C=O) groups excluding carboxylic acids is 1. The Bertz CT molecular complexity index is 759. The van der Waals surface area contributed by atoms with Gasteiger partial charge in [-0.3, -0.25) is 9.89 Å². The number of aromatic nitrogens is 2. The largest absolute Gasteiger partial charge is 0.352 e. The van der Waals surface area contributed by atoms with Crippen LogP contribution in [-0.2, 0) is 16.4 Å². The van der Waals surface area contributed by atoms with Gasteiger partial charge in [0.25, 0.3) is 5.91 Å². The lowest BCUT2D eigenvalue weighted by molar-refractivity contribution is 0.0953. The maximum absolute atomic E-state index is 12.1. The lowest BCUT2D eigenvalue weighted by atomic mass is 10.1. The summed E-state index contributed by atoms with van der Waals surface area (Å²) in [7, 11) is -3.67. The van der Waals surface area contributed by atoms with Gasteiger partial charge < -0.3 is 5.32 Å². The van der Waals surface area contributed by atoms with E-state index < -0.39 is 10.0 Å². The zero-order valence-corrected chi connectivity index (χ0v) is 13.2. The molecule has 7 nitrogen and oxygen atoms in total. The van der Waals surface area contributed by atoms with Gasteiger partial charge in [0.15, 0.2) is 0 Å². The van der Waals surface area contributed by atoms with Gasteiger partial charge in [0.05, 0.1) is 16.2 Å². The molecular weight excluding hydrogens is 304 g/mol. The van der Waals surface area contributed by atoms with Gasteiger partial charge in [0.2, 0.25) is 10.0 Å². The normalized spacial score (nSPS) is 11.4. The summed E-state index contributed by atoms with van der Waals surface area (Å²) in [6.07, 6.45) is 0.590. The van der Waals surface area contributed by atoms with E-state index >= 15 is 0 Å². The van der Waals surface area contributed by atoms with E-state index in [1.807, 2.05) is 0 Å². The molecule has 0 saturated heterocycles. The lowest BCUT2D eigenvalue weighted by Gasteiger charge is -2.06. The van der Waals surface area contributed by atoms with Crippen LogP contribution < -0.4 is 10.5 Å². The zero-order chi connectivity index (χ0) is 16.3. The number of benzene rings is 1. The van der Waals surface area contributed by atoms with Crippen molar-refractivity contribution < 1.29 is 13.2 Å². The van der Waals surface area contributed by atoms with Crippen LogP contribution in [0.2, 0.25) is 0 Å². The fourth-order valence-electron chi connectivity index (χ4n) is 2.14. The van der Waals surface area contributed by atoms with Crippen LogP contribution in [0, 0.1) is 13.8 Å². The first-order valence-corrected chi connectivity index (χ1v) is 8.25. The Labute approximate surface area is 129 Å². The van der Waals surface area contributed by atoms with Crippen LogP contribution in [0.4, 0.5) is 0 Å². The van der Waals surface area contributed by atoms with Gasteiger partial charge in [-0.1, -0.05) is 12.1 Å². The Hall–Kier alpha value is -2.19. The third kappa shape index (κ3) is 3.71. The van der Waals surface area contributed by atoms with Gasteiger partial charge in [0, 0.05) is 12.2 Å². The number of H-pyrrole nitrogens is 1. The van der Waals surface area contributed by atoms with Gasteiger partial charge in [-0.25, -0.2) is 13.6 Å². The molecule has 0 spiro atoms. The number of hydrogen-bond donors (Lipinski definition) is 3.